The van der Waals surface area contributed by atoms with E-state index in [-0.39, 0.29) is 0 Å². The lowest BCUT2D eigenvalue weighted by atomic mass is 10.1. The number of hydrogen-bond donors (Lipinski definition) is 2. The van der Waals surface area contributed by atoms with Gasteiger partial charge in [0.15, 0.2) is 0 Å². The first-order valence-electron chi connectivity index (χ1n) is 6.12. The normalized spacial score (nSPS) is 27.9. The van der Waals surface area contributed by atoms with Gasteiger partial charge in [0.1, 0.15) is 12.2 Å². The number of aliphatic hydroxyl groups is 2. The van der Waals surface area contributed by atoms with Gasteiger partial charge < -0.3 is 10.2 Å². The van der Waals surface area contributed by atoms with Crippen LogP contribution in [0.15, 0.2) is 0 Å². The van der Waals surface area contributed by atoms with E-state index in [1.807, 2.05) is 0 Å². The Morgan fingerprint density at radius 1 is 0.688 bits per heavy atom. The molecule has 0 aromatic rings. The fourth-order valence-electron chi connectivity index (χ4n) is 1.63. The van der Waals surface area contributed by atoms with Crippen LogP contribution in [-0.2, 0) is 0 Å². The summed E-state index contributed by atoms with van der Waals surface area (Å²) in [4.78, 5) is 0. The molecule has 0 saturated carbocycles. The zero-order valence-corrected chi connectivity index (χ0v) is 9.71. The molecule has 1 aliphatic carbocycles. The van der Waals surface area contributed by atoms with Crippen molar-refractivity contribution in [2.24, 2.45) is 0 Å². The Morgan fingerprint density at radius 3 is 1.56 bits per heavy atom. The maximum atomic E-state index is 9.51. The minimum Gasteiger partial charge on any atom is -0.380 e. The Bertz CT molecular complexity index is 268. The predicted octanol–water partition coefficient (Wildman–Crippen LogP) is 1.85. The van der Waals surface area contributed by atoms with Crippen LogP contribution in [0.25, 0.3) is 0 Å². The van der Waals surface area contributed by atoms with E-state index in [0.29, 0.717) is 0 Å². The van der Waals surface area contributed by atoms with Crippen LogP contribution in [0.1, 0.15) is 51.4 Å². The molecule has 2 N–H and O–H groups in total. The van der Waals surface area contributed by atoms with Crippen LogP contribution in [0, 0.1) is 23.7 Å². The number of aliphatic hydroxyl groups excluding tert-OH is 2. The molecule has 0 aromatic heterocycles. The molecule has 0 radical (unpaired) electrons. The Morgan fingerprint density at radius 2 is 1.12 bits per heavy atom. The molecule has 88 valence electrons. The summed E-state index contributed by atoms with van der Waals surface area (Å²) in [5.74, 6) is 11.7. The van der Waals surface area contributed by atoms with Gasteiger partial charge in [-0.1, -0.05) is 11.8 Å². The molecule has 0 saturated heterocycles. The van der Waals surface area contributed by atoms with Crippen LogP contribution in [0.2, 0.25) is 0 Å². The lowest BCUT2D eigenvalue weighted by Gasteiger charge is -2.03. The first kappa shape index (κ1) is 13.1. The molecule has 0 bridgehead atoms. The summed E-state index contributed by atoms with van der Waals surface area (Å²) in [5, 5.41) is 19.0. The average Bonchev–Trinajstić information content (AvgIpc) is 2.27. The highest BCUT2D eigenvalue weighted by Crippen LogP contribution is 2.06. The topological polar surface area (TPSA) is 40.5 Å². The maximum Gasteiger partial charge on any atom is 0.114 e. The fraction of sp³-hybridized carbons (Fsp3) is 0.714. The molecule has 0 amide bonds. The van der Waals surface area contributed by atoms with Crippen molar-refractivity contribution >= 4 is 0 Å². The van der Waals surface area contributed by atoms with Crippen molar-refractivity contribution in [1.29, 1.82) is 0 Å². The largest absolute Gasteiger partial charge is 0.380 e. The summed E-state index contributed by atoms with van der Waals surface area (Å²) < 4.78 is 0. The van der Waals surface area contributed by atoms with Crippen molar-refractivity contribution in [2.45, 2.75) is 63.6 Å². The third kappa shape index (κ3) is 6.51. The van der Waals surface area contributed by atoms with Gasteiger partial charge in [-0.25, -0.2) is 0 Å². The van der Waals surface area contributed by atoms with E-state index >= 15 is 0 Å². The third-order valence-electron chi connectivity index (χ3n) is 2.60. The lowest BCUT2D eigenvalue weighted by Crippen LogP contribution is -2.03. The Balaban J connectivity index is 2.40. The van der Waals surface area contributed by atoms with Gasteiger partial charge in [-0.3, -0.25) is 0 Å². The van der Waals surface area contributed by atoms with Crippen molar-refractivity contribution in [3.8, 4) is 23.7 Å². The van der Waals surface area contributed by atoms with E-state index in [1.165, 1.54) is 0 Å². The molecule has 0 spiro atoms. The number of rotatable bonds is 0. The molecular weight excluding hydrogens is 200 g/mol. The SMILES string of the molecule is OC1C#CCCCCC(O)C#CCCCC1. The third-order valence-corrected chi connectivity index (χ3v) is 2.60. The smallest absolute Gasteiger partial charge is 0.114 e. The van der Waals surface area contributed by atoms with E-state index in [1.54, 1.807) is 0 Å². The molecule has 16 heavy (non-hydrogen) atoms. The molecule has 1 aliphatic rings. The predicted molar refractivity (Wildman–Crippen MR) is 64.5 cm³/mol. The van der Waals surface area contributed by atoms with Crippen LogP contribution < -0.4 is 0 Å². The summed E-state index contributed by atoms with van der Waals surface area (Å²) in [6.45, 7) is 0. The van der Waals surface area contributed by atoms with Gasteiger partial charge in [-0.15, -0.1) is 11.8 Å². The van der Waals surface area contributed by atoms with Gasteiger partial charge in [0.25, 0.3) is 0 Å². The summed E-state index contributed by atoms with van der Waals surface area (Å²) in [6.07, 6.45) is 5.96. The Hall–Kier alpha value is -0.960. The second-order valence-corrected chi connectivity index (χ2v) is 4.17. The first-order valence-corrected chi connectivity index (χ1v) is 6.12. The van der Waals surface area contributed by atoms with E-state index in [9.17, 15) is 10.2 Å². The second-order valence-electron chi connectivity index (χ2n) is 4.17. The highest BCUT2D eigenvalue weighted by Gasteiger charge is 2.00. The zero-order chi connectivity index (χ0) is 11.6. The minimum absolute atomic E-state index is 0.471. The van der Waals surface area contributed by atoms with Gasteiger partial charge in [-0.2, -0.15) is 0 Å². The quantitative estimate of drug-likeness (QED) is 0.612. The van der Waals surface area contributed by atoms with E-state index in [4.69, 9.17) is 0 Å². The maximum absolute atomic E-state index is 9.51. The summed E-state index contributed by atoms with van der Waals surface area (Å²) in [7, 11) is 0. The van der Waals surface area contributed by atoms with E-state index < -0.39 is 12.2 Å². The van der Waals surface area contributed by atoms with Gasteiger partial charge >= 0.3 is 0 Å². The van der Waals surface area contributed by atoms with Gasteiger partial charge in [0, 0.05) is 12.8 Å². The van der Waals surface area contributed by atoms with Crippen LogP contribution in [-0.4, -0.2) is 22.4 Å². The molecule has 0 heterocycles. The van der Waals surface area contributed by atoms with Crippen LogP contribution in [0.5, 0.6) is 0 Å². The van der Waals surface area contributed by atoms with Crippen LogP contribution >= 0.6 is 0 Å². The second kappa shape index (κ2) is 8.22. The average molecular weight is 220 g/mol. The molecule has 2 unspecified atom stereocenters. The molecule has 0 aliphatic heterocycles. The van der Waals surface area contributed by atoms with Crippen molar-refractivity contribution < 1.29 is 10.2 Å². The van der Waals surface area contributed by atoms with Crippen molar-refractivity contribution in [1.82, 2.24) is 0 Å². The Labute approximate surface area is 98.1 Å². The summed E-state index contributed by atoms with van der Waals surface area (Å²) in [6, 6.07) is 0. The molecule has 0 aromatic carbocycles. The summed E-state index contributed by atoms with van der Waals surface area (Å²) in [5.41, 5.74) is 0. The molecule has 2 nitrogen and oxygen atoms in total. The zero-order valence-electron chi connectivity index (χ0n) is 9.71. The van der Waals surface area contributed by atoms with E-state index in [2.05, 4.69) is 23.7 Å². The molecular formula is C14H20O2. The molecule has 1 rings (SSSR count). The van der Waals surface area contributed by atoms with Crippen molar-refractivity contribution in [3.05, 3.63) is 0 Å². The minimum atomic E-state index is -0.471. The molecule has 2 heteroatoms. The highest BCUT2D eigenvalue weighted by molar-refractivity contribution is 5.06. The first-order chi connectivity index (χ1) is 7.79. The van der Waals surface area contributed by atoms with Gasteiger partial charge in [-0.05, 0) is 38.5 Å². The van der Waals surface area contributed by atoms with Gasteiger partial charge in [0.2, 0.25) is 0 Å². The van der Waals surface area contributed by atoms with Crippen LogP contribution in [0.4, 0.5) is 0 Å². The highest BCUT2D eigenvalue weighted by atomic mass is 16.3. The lowest BCUT2D eigenvalue weighted by molar-refractivity contribution is 0.215. The van der Waals surface area contributed by atoms with Crippen molar-refractivity contribution in [3.63, 3.8) is 0 Å². The number of hydrogen-bond acceptors (Lipinski definition) is 2. The van der Waals surface area contributed by atoms with E-state index in [0.717, 1.165) is 51.4 Å². The molecule has 0 fully saturated rings. The fourth-order valence-corrected chi connectivity index (χ4v) is 1.63. The monoisotopic (exact) mass is 220 g/mol. The molecule has 2 atom stereocenters. The summed E-state index contributed by atoms with van der Waals surface area (Å²) >= 11 is 0. The van der Waals surface area contributed by atoms with Crippen molar-refractivity contribution in [2.75, 3.05) is 0 Å². The van der Waals surface area contributed by atoms with Crippen LogP contribution in [0.3, 0.4) is 0 Å². The standard InChI is InChI=1S/C14H20O2/c15-13-9-5-1-2-6-10-14(16)12-8-4-3-7-11-13/h13-16H,1-5,8-9,12H2. The Kier molecular flexibility index (Phi) is 6.74. The van der Waals surface area contributed by atoms with Gasteiger partial charge in [0.05, 0.1) is 0 Å².